The van der Waals surface area contributed by atoms with E-state index in [0.717, 1.165) is 0 Å². The van der Waals surface area contributed by atoms with Crippen molar-refractivity contribution in [2.45, 2.75) is 33.2 Å². The molecule has 0 saturated carbocycles. The van der Waals surface area contributed by atoms with E-state index in [0.29, 0.717) is 18.0 Å². The molecule has 0 bridgehead atoms. The smallest absolute Gasteiger partial charge is 0.303 e. The Labute approximate surface area is 87.7 Å². The molecule has 5 heteroatoms. The molecule has 0 aliphatic heterocycles. The molecule has 0 radical (unpaired) electrons. The summed E-state index contributed by atoms with van der Waals surface area (Å²) >= 11 is 0. The Bertz CT molecular complexity index is 390. The van der Waals surface area contributed by atoms with Gasteiger partial charge in [-0.3, -0.25) is 14.3 Å². The van der Waals surface area contributed by atoms with Crippen LogP contribution in [-0.4, -0.2) is 20.9 Å². The average molecular weight is 212 g/mol. The van der Waals surface area contributed by atoms with Gasteiger partial charge in [-0.25, -0.2) is 0 Å². The van der Waals surface area contributed by atoms with Crippen LogP contribution < -0.4 is 5.56 Å². The number of aromatic nitrogens is 2. The number of nitrogens with one attached hydrogen (secondary N) is 1. The standard InChI is InChI=1S/C10H16N2O3/c1-7(2)6-12-10(15)8(5-11-12)3-4-9(13)14/h5,7,11H,3-4,6H2,1-2H3,(H,13,14). The molecule has 0 atom stereocenters. The van der Waals surface area contributed by atoms with Gasteiger partial charge in [0.05, 0.1) is 0 Å². The van der Waals surface area contributed by atoms with Gasteiger partial charge >= 0.3 is 5.97 Å². The fraction of sp³-hybridized carbons (Fsp3) is 0.600. The van der Waals surface area contributed by atoms with Gasteiger partial charge in [0.2, 0.25) is 0 Å². The van der Waals surface area contributed by atoms with Crippen molar-refractivity contribution in [2.75, 3.05) is 0 Å². The molecule has 1 aromatic rings. The molecule has 0 aliphatic rings. The quantitative estimate of drug-likeness (QED) is 0.759. The van der Waals surface area contributed by atoms with E-state index in [4.69, 9.17) is 5.11 Å². The van der Waals surface area contributed by atoms with Crippen LogP contribution in [0.3, 0.4) is 0 Å². The largest absolute Gasteiger partial charge is 0.481 e. The predicted molar refractivity (Wildman–Crippen MR) is 55.8 cm³/mol. The summed E-state index contributed by atoms with van der Waals surface area (Å²) in [5.41, 5.74) is 0.433. The third-order valence-electron chi connectivity index (χ3n) is 2.07. The maximum atomic E-state index is 11.7. The lowest BCUT2D eigenvalue weighted by Crippen LogP contribution is -2.21. The lowest BCUT2D eigenvalue weighted by molar-refractivity contribution is -0.136. The number of rotatable bonds is 5. The van der Waals surface area contributed by atoms with Gasteiger partial charge in [-0.15, -0.1) is 0 Å². The monoisotopic (exact) mass is 212 g/mol. The highest BCUT2D eigenvalue weighted by Crippen LogP contribution is 1.99. The van der Waals surface area contributed by atoms with Crippen molar-refractivity contribution in [1.82, 2.24) is 9.78 Å². The van der Waals surface area contributed by atoms with Crippen LogP contribution in [0.1, 0.15) is 25.8 Å². The van der Waals surface area contributed by atoms with E-state index in [-0.39, 0.29) is 18.4 Å². The summed E-state index contributed by atoms with van der Waals surface area (Å²) in [5.74, 6) is -0.500. The van der Waals surface area contributed by atoms with Crippen molar-refractivity contribution in [1.29, 1.82) is 0 Å². The van der Waals surface area contributed by atoms with E-state index < -0.39 is 5.97 Å². The average Bonchev–Trinajstić information content (AvgIpc) is 2.44. The van der Waals surface area contributed by atoms with Crippen LogP contribution in [0.25, 0.3) is 0 Å². The summed E-state index contributed by atoms with van der Waals surface area (Å²) in [6, 6.07) is 0. The third-order valence-corrected chi connectivity index (χ3v) is 2.07. The third kappa shape index (κ3) is 3.27. The maximum absolute atomic E-state index is 11.7. The zero-order valence-electron chi connectivity index (χ0n) is 8.99. The molecule has 0 unspecified atom stereocenters. The molecule has 5 nitrogen and oxygen atoms in total. The summed E-state index contributed by atoms with van der Waals surface area (Å²) in [4.78, 5) is 22.0. The number of carbonyl (C=O) groups is 1. The van der Waals surface area contributed by atoms with Crippen LogP contribution in [-0.2, 0) is 17.8 Å². The molecule has 1 rings (SSSR count). The molecule has 0 fully saturated rings. The lowest BCUT2D eigenvalue weighted by atomic mass is 10.2. The minimum Gasteiger partial charge on any atom is -0.481 e. The number of carboxylic acid groups (broad SMARTS) is 1. The summed E-state index contributed by atoms with van der Waals surface area (Å²) in [7, 11) is 0. The van der Waals surface area contributed by atoms with Crippen molar-refractivity contribution in [3.05, 3.63) is 22.1 Å². The second kappa shape index (κ2) is 4.82. The highest BCUT2D eigenvalue weighted by molar-refractivity contribution is 5.67. The number of aromatic amines is 1. The molecule has 2 N–H and O–H groups in total. The normalized spacial score (nSPS) is 10.9. The van der Waals surface area contributed by atoms with Gasteiger partial charge < -0.3 is 10.2 Å². The van der Waals surface area contributed by atoms with Crippen molar-refractivity contribution < 1.29 is 9.90 Å². The predicted octanol–water partition coefficient (Wildman–Crippen LogP) is 0.850. The van der Waals surface area contributed by atoms with E-state index in [1.807, 2.05) is 13.8 Å². The van der Waals surface area contributed by atoms with E-state index in [1.54, 1.807) is 6.20 Å². The molecule has 0 amide bonds. The Morgan fingerprint density at radius 2 is 2.27 bits per heavy atom. The van der Waals surface area contributed by atoms with Crippen molar-refractivity contribution in [3.8, 4) is 0 Å². The molecule has 15 heavy (non-hydrogen) atoms. The van der Waals surface area contributed by atoms with Gasteiger partial charge in [-0.1, -0.05) is 13.8 Å². The number of hydrogen-bond acceptors (Lipinski definition) is 2. The van der Waals surface area contributed by atoms with Gasteiger partial charge in [-0.05, 0) is 12.3 Å². The first-order valence-electron chi connectivity index (χ1n) is 4.99. The van der Waals surface area contributed by atoms with Crippen molar-refractivity contribution in [3.63, 3.8) is 0 Å². The van der Waals surface area contributed by atoms with Gasteiger partial charge in [0, 0.05) is 24.7 Å². The Hall–Kier alpha value is -1.52. The lowest BCUT2D eigenvalue weighted by Gasteiger charge is -2.03. The van der Waals surface area contributed by atoms with Crippen LogP contribution in [0.2, 0.25) is 0 Å². The number of H-pyrrole nitrogens is 1. The number of aryl methyl sites for hydroxylation is 1. The second-order valence-electron chi connectivity index (χ2n) is 4.00. The minimum atomic E-state index is -0.883. The molecular formula is C10H16N2O3. The highest BCUT2D eigenvalue weighted by atomic mass is 16.4. The molecule has 1 aromatic heterocycles. The van der Waals surface area contributed by atoms with Gasteiger partial charge in [0.1, 0.15) is 0 Å². The molecule has 0 aromatic carbocycles. The molecule has 1 heterocycles. The summed E-state index contributed by atoms with van der Waals surface area (Å²) in [6.07, 6.45) is 1.87. The van der Waals surface area contributed by atoms with Crippen LogP contribution in [0.5, 0.6) is 0 Å². The maximum Gasteiger partial charge on any atom is 0.303 e. The van der Waals surface area contributed by atoms with E-state index in [2.05, 4.69) is 5.10 Å². The first-order valence-corrected chi connectivity index (χ1v) is 4.99. The SMILES string of the molecule is CC(C)Cn1[nH]cc(CCC(=O)O)c1=O. The van der Waals surface area contributed by atoms with Crippen molar-refractivity contribution in [2.24, 2.45) is 5.92 Å². The van der Waals surface area contributed by atoms with Crippen LogP contribution >= 0.6 is 0 Å². The number of aliphatic carboxylic acids is 1. The fourth-order valence-electron chi connectivity index (χ4n) is 1.37. The zero-order chi connectivity index (χ0) is 11.4. The second-order valence-corrected chi connectivity index (χ2v) is 4.00. The first kappa shape index (κ1) is 11.6. The fourth-order valence-corrected chi connectivity index (χ4v) is 1.37. The number of hydrogen-bond donors (Lipinski definition) is 2. The molecule has 0 spiro atoms. The molecule has 0 aliphatic carbocycles. The summed E-state index contributed by atoms with van der Waals surface area (Å²) in [5, 5.41) is 11.3. The number of nitrogens with zero attached hydrogens (tertiary/aromatic N) is 1. The highest BCUT2D eigenvalue weighted by Gasteiger charge is 2.08. The van der Waals surface area contributed by atoms with Gasteiger partial charge in [-0.2, -0.15) is 0 Å². The van der Waals surface area contributed by atoms with E-state index in [9.17, 15) is 9.59 Å². The Kier molecular flexibility index (Phi) is 3.71. The van der Waals surface area contributed by atoms with Crippen LogP contribution in [0.15, 0.2) is 11.0 Å². The Balaban J connectivity index is 2.71. The zero-order valence-corrected chi connectivity index (χ0v) is 8.99. The summed E-state index contributed by atoms with van der Waals surface area (Å²) < 4.78 is 1.52. The Morgan fingerprint density at radius 3 is 2.80 bits per heavy atom. The minimum absolute atomic E-state index is 0.00519. The van der Waals surface area contributed by atoms with E-state index in [1.165, 1.54) is 4.68 Å². The molecule has 0 saturated heterocycles. The first-order chi connectivity index (χ1) is 7.00. The van der Waals surface area contributed by atoms with E-state index >= 15 is 0 Å². The Morgan fingerprint density at radius 1 is 1.60 bits per heavy atom. The van der Waals surface area contributed by atoms with Gasteiger partial charge in [0.25, 0.3) is 5.56 Å². The van der Waals surface area contributed by atoms with Crippen LogP contribution in [0.4, 0.5) is 0 Å². The van der Waals surface area contributed by atoms with Crippen LogP contribution in [0, 0.1) is 5.92 Å². The topological polar surface area (TPSA) is 75.1 Å². The molecular weight excluding hydrogens is 196 g/mol. The van der Waals surface area contributed by atoms with Gasteiger partial charge in [0.15, 0.2) is 0 Å². The summed E-state index contributed by atoms with van der Waals surface area (Å²) in [6.45, 7) is 4.67. The van der Waals surface area contributed by atoms with Crippen molar-refractivity contribution >= 4 is 5.97 Å². The molecule has 84 valence electrons. The number of carboxylic acids is 1.